The smallest absolute Gasteiger partial charge is 0.243 e. The number of carbonyl (C=O) groups excluding carboxylic acids is 3. The second-order valence-electron chi connectivity index (χ2n) is 6.48. The van der Waals surface area contributed by atoms with Crippen molar-refractivity contribution in [2.75, 3.05) is 13.6 Å². The van der Waals surface area contributed by atoms with Crippen molar-refractivity contribution in [3.05, 3.63) is 66.2 Å². The van der Waals surface area contributed by atoms with E-state index >= 15 is 0 Å². The van der Waals surface area contributed by atoms with E-state index in [0.717, 1.165) is 4.31 Å². The van der Waals surface area contributed by atoms with Gasteiger partial charge in [-0.25, -0.2) is 8.42 Å². The number of nitrogens with two attached hydrogens (primary N) is 1. The van der Waals surface area contributed by atoms with Crippen LogP contribution in [0.1, 0.15) is 12.0 Å². The van der Waals surface area contributed by atoms with Gasteiger partial charge in [0.05, 0.1) is 17.9 Å². The zero-order valence-electron chi connectivity index (χ0n) is 16.4. The highest BCUT2D eigenvalue weighted by Crippen LogP contribution is 2.18. The molecule has 160 valence electrons. The first-order valence-electron chi connectivity index (χ1n) is 9.12. The summed E-state index contributed by atoms with van der Waals surface area (Å²) < 4.78 is 27.2. The zero-order chi connectivity index (χ0) is 22.1. The predicted molar refractivity (Wildman–Crippen MR) is 110 cm³/mol. The van der Waals surface area contributed by atoms with Crippen molar-refractivity contribution < 1.29 is 22.8 Å². The van der Waals surface area contributed by atoms with Crippen molar-refractivity contribution in [1.29, 1.82) is 0 Å². The summed E-state index contributed by atoms with van der Waals surface area (Å²) >= 11 is 0. The molecule has 2 aromatic carbocycles. The maximum Gasteiger partial charge on any atom is 0.243 e. The molecule has 10 heteroatoms. The van der Waals surface area contributed by atoms with Gasteiger partial charge < -0.3 is 16.4 Å². The molecule has 0 radical (unpaired) electrons. The molecule has 0 fully saturated rings. The molecule has 0 bridgehead atoms. The normalized spacial score (nSPS) is 12.2. The molecule has 9 nitrogen and oxygen atoms in total. The number of nitrogens with one attached hydrogen (secondary N) is 2. The molecular weight excluding hydrogens is 408 g/mol. The average molecular weight is 433 g/mol. The highest BCUT2D eigenvalue weighted by atomic mass is 32.2. The minimum Gasteiger partial charge on any atom is -0.370 e. The molecule has 0 aliphatic heterocycles. The minimum atomic E-state index is -4.00. The minimum absolute atomic E-state index is 0.0359. The summed E-state index contributed by atoms with van der Waals surface area (Å²) in [4.78, 5) is 35.7. The summed E-state index contributed by atoms with van der Waals surface area (Å²) in [5, 5.41) is 4.71. The Labute approximate surface area is 175 Å². The van der Waals surface area contributed by atoms with Gasteiger partial charge in [-0.1, -0.05) is 48.5 Å². The van der Waals surface area contributed by atoms with E-state index < -0.39 is 46.8 Å². The quantitative estimate of drug-likeness (QED) is 0.484. The van der Waals surface area contributed by atoms with Gasteiger partial charge >= 0.3 is 0 Å². The fourth-order valence-corrected chi connectivity index (χ4v) is 4.14. The van der Waals surface area contributed by atoms with Crippen LogP contribution in [0.5, 0.6) is 0 Å². The van der Waals surface area contributed by atoms with E-state index in [-0.39, 0.29) is 11.4 Å². The largest absolute Gasteiger partial charge is 0.370 e. The van der Waals surface area contributed by atoms with Gasteiger partial charge in [-0.05, 0) is 17.7 Å². The molecule has 0 spiro atoms. The van der Waals surface area contributed by atoms with E-state index in [2.05, 4.69) is 10.6 Å². The number of primary amides is 1. The second-order valence-corrected chi connectivity index (χ2v) is 8.41. The number of nitrogens with zero attached hydrogens (tertiary/aromatic N) is 1. The lowest BCUT2D eigenvalue weighted by molar-refractivity contribution is -0.131. The van der Waals surface area contributed by atoms with Crippen LogP contribution in [0.15, 0.2) is 65.6 Å². The Morgan fingerprint density at radius 2 is 1.57 bits per heavy atom. The molecule has 0 saturated heterocycles. The maximum atomic E-state index is 13.1. The van der Waals surface area contributed by atoms with Crippen LogP contribution in [0.25, 0.3) is 0 Å². The number of sulfonamides is 1. The van der Waals surface area contributed by atoms with Crippen LogP contribution in [-0.2, 0) is 31.0 Å². The number of likely N-dealkylation sites (N-methyl/N-ethyl adjacent to an activating group) is 1. The highest BCUT2D eigenvalue weighted by molar-refractivity contribution is 7.89. The molecule has 3 amide bonds. The number of hydrogen-bond acceptors (Lipinski definition) is 5. The van der Waals surface area contributed by atoms with Crippen molar-refractivity contribution in [3.8, 4) is 0 Å². The fourth-order valence-electron chi connectivity index (χ4n) is 2.74. The predicted octanol–water partition coefficient (Wildman–Crippen LogP) is -0.0163. The van der Waals surface area contributed by atoms with Crippen molar-refractivity contribution in [2.45, 2.75) is 23.9 Å². The van der Waals surface area contributed by atoms with Gasteiger partial charge in [0, 0.05) is 13.6 Å². The summed E-state index contributed by atoms with van der Waals surface area (Å²) in [7, 11) is -2.65. The van der Waals surface area contributed by atoms with Crippen LogP contribution in [0.2, 0.25) is 0 Å². The van der Waals surface area contributed by atoms with Crippen LogP contribution in [0.3, 0.4) is 0 Å². The molecule has 0 unspecified atom stereocenters. The van der Waals surface area contributed by atoms with Crippen molar-refractivity contribution in [3.63, 3.8) is 0 Å². The van der Waals surface area contributed by atoms with Crippen LogP contribution < -0.4 is 16.4 Å². The third-order valence-corrected chi connectivity index (χ3v) is 6.01. The summed E-state index contributed by atoms with van der Waals surface area (Å²) in [5.74, 6) is -2.12. The van der Waals surface area contributed by atoms with Gasteiger partial charge in [-0.2, -0.15) is 4.31 Å². The Morgan fingerprint density at radius 3 is 2.10 bits per heavy atom. The fraction of sp³-hybridized carbons (Fsp3) is 0.250. The third kappa shape index (κ3) is 6.39. The van der Waals surface area contributed by atoms with Gasteiger partial charge in [0.1, 0.15) is 6.04 Å². The van der Waals surface area contributed by atoms with E-state index in [1.54, 1.807) is 48.5 Å². The van der Waals surface area contributed by atoms with Gasteiger partial charge in [-0.3, -0.25) is 14.4 Å². The van der Waals surface area contributed by atoms with Crippen LogP contribution in [0, 0.1) is 0 Å². The number of rotatable bonds is 10. The van der Waals surface area contributed by atoms with Crippen LogP contribution in [0.4, 0.5) is 0 Å². The van der Waals surface area contributed by atoms with Gasteiger partial charge in [0.2, 0.25) is 27.7 Å². The first-order chi connectivity index (χ1) is 14.2. The third-order valence-electron chi connectivity index (χ3n) is 4.21. The Kier molecular flexibility index (Phi) is 8.07. The van der Waals surface area contributed by atoms with Crippen LogP contribution >= 0.6 is 0 Å². The Morgan fingerprint density at radius 1 is 1.00 bits per heavy atom. The molecule has 2 aromatic rings. The molecule has 2 rings (SSSR count). The van der Waals surface area contributed by atoms with E-state index in [1.807, 2.05) is 0 Å². The van der Waals surface area contributed by atoms with E-state index in [9.17, 15) is 22.8 Å². The second kappa shape index (κ2) is 10.5. The number of carbonyl (C=O) groups is 3. The van der Waals surface area contributed by atoms with Crippen LogP contribution in [-0.4, -0.2) is 50.1 Å². The Hall–Kier alpha value is -3.24. The first-order valence-corrected chi connectivity index (χ1v) is 10.6. The van der Waals surface area contributed by atoms with Gasteiger partial charge in [0.15, 0.2) is 0 Å². The standard InChI is InChI=1S/C20H24N4O5S/c1-22-20(27)17(12-18(21)25)23-19(26)14-24(13-15-8-4-2-5-9-15)30(28,29)16-10-6-3-7-11-16/h2-11,17H,12-14H2,1H3,(H2,21,25)(H,22,27)(H,23,26)/t17-/m0/s1. The molecule has 30 heavy (non-hydrogen) atoms. The van der Waals surface area contributed by atoms with Crippen molar-refractivity contribution in [2.24, 2.45) is 5.73 Å². The highest BCUT2D eigenvalue weighted by Gasteiger charge is 2.29. The monoisotopic (exact) mass is 432 g/mol. The lowest BCUT2D eigenvalue weighted by atomic mass is 10.2. The lowest BCUT2D eigenvalue weighted by Crippen LogP contribution is -2.50. The summed E-state index contributed by atoms with van der Waals surface area (Å²) in [6, 6.07) is 15.3. The molecule has 0 saturated carbocycles. The SMILES string of the molecule is CNC(=O)[C@H](CC(N)=O)NC(=O)CN(Cc1ccccc1)S(=O)(=O)c1ccccc1. The molecular formula is C20H24N4O5S. The Balaban J connectivity index is 2.27. The van der Waals surface area contributed by atoms with E-state index in [1.165, 1.54) is 19.2 Å². The zero-order valence-corrected chi connectivity index (χ0v) is 17.3. The Bertz CT molecular complexity index is 981. The van der Waals surface area contributed by atoms with E-state index in [4.69, 9.17) is 5.73 Å². The number of hydrogen-bond donors (Lipinski definition) is 3. The number of benzene rings is 2. The van der Waals surface area contributed by atoms with Gasteiger partial charge in [0.25, 0.3) is 0 Å². The van der Waals surface area contributed by atoms with Crippen molar-refractivity contribution in [1.82, 2.24) is 14.9 Å². The molecule has 0 aliphatic rings. The average Bonchev–Trinajstić information content (AvgIpc) is 2.73. The van der Waals surface area contributed by atoms with Gasteiger partial charge in [-0.15, -0.1) is 0 Å². The summed E-state index contributed by atoms with van der Waals surface area (Å²) in [6.07, 6.45) is -0.407. The molecule has 0 heterocycles. The first kappa shape index (κ1) is 23.0. The number of amides is 3. The molecule has 1 atom stereocenters. The topological polar surface area (TPSA) is 139 Å². The molecule has 0 aromatic heterocycles. The molecule has 4 N–H and O–H groups in total. The lowest BCUT2D eigenvalue weighted by Gasteiger charge is -2.23. The summed E-state index contributed by atoms with van der Waals surface area (Å²) in [6.45, 7) is -0.593. The van der Waals surface area contributed by atoms with Crippen molar-refractivity contribution >= 4 is 27.7 Å². The maximum absolute atomic E-state index is 13.1. The summed E-state index contributed by atoms with van der Waals surface area (Å²) in [5.41, 5.74) is 5.82. The van der Waals surface area contributed by atoms with E-state index in [0.29, 0.717) is 5.56 Å². The molecule has 0 aliphatic carbocycles.